The summed E-state index contributed by atoms with van der Waals surface area (Å²) in [6.07, 6.45) is 2.64. The minimum Gasteiger partial charge on any atom is -0.360 e. The molecule has 1 aromatic heterocycles. The Morgan fingerprint density at radius 1 is 0.971 bits per heavy atom. The smallest absolute Gasteiger partial charge is 0.270 e. The number of piperidine rings is 1. The van der Waals surface area contributed by atoms with Gasteiger partial charge in [-0.05, 0) is 55.2 Å². The summed E-state index contributed by atoms with van der Waals surface area (Å²) in [6.45, 7) is 5.70. The SMILES string of the molecule is Cc1ccc2[nH]c(C(=O)N3CCC(N4[CH]Nc5ccccc54)CC3)c(Cc3ccccc3)c2c1. The molecule has 0 saturated carbocycles. The van der Waals surface area contributed by atoms with Crippen LogP contribution < -0.4 is 10.2 Å². The topological polar surface area (TPSA) is 51.4 Å². The molecule has 2 aliphatic heterocycles. The van der Waals surface area contributed by atoms with Gasteiger partial charge in [0, 0.05) is 36.5 Å². The lowest BCUT2D eigenvalue weighted by Crippen LogP contribution is -2.46. The Balaban J connectivity index is 1.24. The number of aromatic amines is 1. The molecule has 2 aliphatic rings. The lowest BCUT2D eigenvalue weighted by atomic mass is 9.99. The molecule has 171 valence electrons. The van der Waals surface area contributed by atoms with Gasteiger partial charge in [-0.1, -0.05) is 54.1 Å². The van der Waals surface area contributed by atoms with Crippen LogP contribution in [0.3, 0.4) is 0 Å². The Morgan fingerprint density at radius 2 is 1.74 bits per heavy atom. The molecule has 2 N–H and O–H groups in total. The molecule has 34 heavy (non-hydrogen) atoms. The predicted molar refractivity (Wildman–Crippen MR) is 138 cm³/mol. The molecule has 0 aliphatic carbocycles. The van der Waals surface area contributed by atoms with Crippen molar-refractivity contribution in [3.63, 3.8) is 0 Å². The van der Waals surface area contributed by atoms with Gasteiger partial charge in [0.1, 0.15) is 12.4 Å². The van der Waals surface area contributed by atoms with Crippen LogP contribution >= 0.6 is 0 Å². The third kappa shape index (κ3) is 3.71. The summed E-state index contributed by atoms with van der Waals surface area (Å²) in [7, 11) is 0. The number of para-hydroxylation sites is 2. The van der Waals surface area contributed by atoms with Crippen LogP contribution in [0.25, 0.3) is 10.9 Å². The number of H-pyrrole nitrogens is 1. The average molecular weight is 450 g/mol. The number of benzene rings is 3. The van der Waals surface area contributed by atoms with Gasteiger partial charge in [0.25, 0.3) is 5.91 Å². The lowest BCUT2D eigenvalue weighted by molar-refractivity contribution is 0.0708. The molecule has 1 radical (unpaired) electrons. The highest BCUT2D eigenvalue weighted by Crippen LogP contribution is 2.36. The summed E-state index contributed by atoms with van der Waals surface area (Å²) in [5.41, 5.74) is 7.67. The third-order valence-corrected chi connectivity index (χ3v) is 7.19. The molecule has 1 fully saturated rings. The zero-order valence-electron chi connectivity index (χ0n) is 19.4. The van der Waals surface area contributed by atoms with E-state index >= 15 is 0 Å². The minimum atomic E-state index is 0.113. The lowest BCUT2D eigenvalue weighted by Gasteiger charge is -2.37. The van der Waals surface area contributed by atoms with E-state index in [0.29, 0.717) is 6.04 Å². The second kappa shape index (κ2) is 8.56. The third-order valence-electron chi connectivity index (χ3n) is 7.19. The van der Waals surface area contributed by atoms with Gasteiger partial charge in [-0.3, -0.25) is 4.79 Å². The number of aryl methyl sites for hydroxylation is 1. The van der Waals surface area contributed by atoms with Gasteiger partial charge in [-0.2, -0.15) is 0 Å². The Kier molecular flexibility index (Phi) is 5.25. The molecule has 3 aromatic carbocycles. The van der Waals surface area contributed by atoms with Crippen molar-refractivity contribution in [2.75, 3.05) is 23.3 Å². The van der Waals surface area contributed by atoms with Crippen molar-refractivity contribution in [3.8, 4) is 0 Å². The second-order valence-corrected chi connectivity index (χ2v) is 9.41. The molecule has 3 heterocycles. The van der Waals surface area contributed by atoms with Crippen LogP contribution in [0.1, 0.15) is 40.0 Å². The molecule has 5 heteroatoms. The number of carbonyl (C=O) groups is 1. The van der Waals surface area contributed by atoms with Crippen molar-refractivity contribution < 1.29 is 4.79 Å². The number of fused-ring (bicyclic) bond motifs is 2. The summed E-state index contributed by atoms with van der Waals surface area (Å²) < 4.78 is 0. The highest BCUT2D eigenvalue weighted by Gasteiger charge is 2.32. The van der Waals surface area contributed by atoms with Crippen molar-refractivity contribution in [1.29, 1.82) is 0 Å². The predicted octanol–water partition coefficient (Wildman–Crippen LogP) is 5.72. The maximum Gasteiger partial charge on any atom is 0.270 e. The number of likely N-dealkylation sites (tertiary alicyclic amines) is 1. The normalized spacial score (nSPS) is 16.0. The van der Waals surface area contributed by atoms with E-state index in [-0.39, 0.29) is 5.91 Å². The molecule has 0 unspecified atom stereocenters. The second-order valence-electron chi connectivity index (χ2n) is 9.41. The van der Waals surface area contributed by atoms with Gasteiger partial charge in [-0.25, -0.2) is 0 Å². The first-order chi connectivity index (χ1) is 16.7. The Bertz CT molecular complexity index is 1340. The number of carbonyl (C=O) groups excluding carboxylic acids is 1. The molecular weight excluding hydrogens is 420 g/mol. The van der Waals surface area contributed by atoms with Gasteiger partial charge >= 0.3 is 0 Å². The molecule has 6 rings (SSSR count). The number of nitrogens with zero attached hydrogens (tertiary/aromatic N) is 2. The van der Waals surface area contributed by atoms with Crippen LogP contribution in [0, 0.1) is 13.6 Å². The van der Waals surface area contributed by atoms with E-state index in [4.69, 9.17) is 0 Å². The van der Waals surface area contributed by atoms with Crippen molar-refractivity contribution in [1.82, 2.24) is 9.88 Å². The summed E-state index contributed by atoms with van der Waals surface area (Å²) in [6, 6.07) is 25.6. The van der Waals surface area contributed by atoms with E-state index in [1.807, 2.05) is 11.0 Å². The van der Waals surface area contributed by atoms with Crippen LogP contribution in [0.4, 0.5) is 11.4 Å². The largest absolute Gasteiger partial charge is 0.360 e. The minimum absolute atomic E-state index is 0.113. The van der Waals surface area contributed by atoms with Gasteiger partial charge < -0.3 is 20.1 Å². The number of rotatable bonds is 4. The Hall–Kier alpha value is -3.73. The molecule has 5 nitrogen and oxygen atoms in total. The number of anilines is 2. The van der Waals surface area contributed by atoms with Gasteiger partial charge in [0.2, 0.25) is 0 Å². The summed E-state index contributed by atoms with van der Waals surface area (Å²) >= 11 is 0. The van der Waals surface area contributed by atoms with E-state index in [2.05, 4.69) is 95.5 Å². The molecular formula is C29H29N4O. The summed E-state index contributed by atoms with van der Waals surface area (Å²) in [4.78, 5) is 21.6. The fraction of sp³-hybridized carbons (Fsp3) is 0.241. The molecule has 0 atom stereocenters. The molecule has 4 aromatic rings. The van der Waals surface area contributed by atoms with Crippen LogP contribution in [0.5, 0.6) is 0 Å². The summed E-state index contributed by atoms with van der Waals surface area (Å²) in [5, 5.41) is 4.52. The monoisotopic (exact) mass is 449 g/mol. The van der Waals surface area contributed by atoms with Crippen LogP contribution in [0.2, 0.25) is 0 Å². The first-order valence-electron chi connectivity index (χ1n) is 12.1. The number of amides is 1. The van der Waals surface area contributed by atoms with Crippen molar-refractivity contribution in [3.05, 3.63) is 102 Å². The first kappa shape index (κ1) is 20.8. The van der Waals surface area contributed by atoms with Gasteiger partial charge in [0.05, 0.1) is 11.4 Å². The van der Waals surface area contributed by atoms with Gasteiger partial charge in [0.15, 0.2) is 0 Å². The van der Waals surface area contributed by atoms with Crippen LogP contribution in [-0.2, 0) is 6.42 Å². The van der Waals surface area contributed by atoms with Crippen LogP contribution in [-0.4, -0.2) is 34.9 Å². The Morgan fingerprint density at radius 3 is 2.56 bits per heavy atom. The van der Waals surface area contributed by atoms with E-state index in [9.17, 15) is 4.79 Å². The average Bonchev–Trinajstić information content (AvgIpc) is 3.46. The van der Waals surface area contributed by atoms with Crippen molar-refractivity contribution >= 4 is 28.2 Å². The fourth-order valence-electron chi connectivity index (χ4n) is 5.36. The number of hydrogen-bond acceptors (Lipinski definition) is 3. The van der Waals surface area contributed by atoms with Crippen LogP contribution in [0.15, 0.2) is 72.8 Å². The number of nitrogens with one attached hydrogen (secondary N) is 2. The highest BCUT2D eigenvalue weighted by molar-refractivity contribution is 6.01. The first-order valence-corrected chi connectivity index (χ1v) is 12.1. The zero-order chi connectivity index (χ0) is 23.1. The van der Waals surface area contributed by atoms with Crippen molar-refractivity contribution in [2.24, 2.45) is 0 Å². The van der Waals surface area contributed by atoms with Crippen molar-refractivity contribution in [2.45, 2.75) is 32.2 Å². The van der Waals surface area contributed by atoms with E-state index in [0.717, 1.165) is 60.2 Å². The molecule has 1 amide bonds. The fourth-order valence-corrected chi connectivity index (χ4v) is 5.36. The van der Waals surface area contributed by atoms with Gasteiger partial charge in [-0.15, -0.1) is 0 Å². The maximum absolute atomic E-state index is 13.8. The standard InChI is InChI=1S/C29H29N4O/c1-20-11-12-25-23(17-20)24(18-21-7-3-2-4-8-21)28(31-25)29(34)32-15-13-22(14-16-32)33-19-30-26-9-5-6-10-27(26)33/h2-12,17,19,22,30-31H,13-16,18H2,1H3. The quantitative estimate of drug-likeness (QED) is 0.419. The maximum atomic E-state index is 13.8. The molecule has 0 spiro atoms. The summed E-state index contributed by atoms with van der Waals surface area (Å²) in [5.74, 6) is 0.113. The molecule has 0 bridgehead atoms. The number of aromatic nitrogens is 1. The van der Waals surface area contributed by atoms with E-state index < -0.39 is 0 Å². The number of hydrogen-bond donors (Lipinski definition) is 2. The Labute approximate surface area is 200 Å². The van der Waals surface area contributed by atoms with E-state index in [1.165, 1.54) is 16.8 Å². The highest BCUT2D eigenvalue weighted by atomic mass is 16.2. The zero-order valence-corrected chi connectivity index (χ0v) is 19.4. The van der Waals surface area contributed by atoms with E-state index in [1.54, 1.807) is 0 Å². The molecule has 1 saturated heterocycles.